The van der Waals surface area contributed by atoms with Crippen LogP contribution in [0, 0.1) is 0 Å². The van der Waals surface area contributed by atoms with Crippen molar-refractivity contribution >= 4 is 10.8 Å². The van der Waals surface area contributed by atoms with Crippen LogP contribution in [0.25, 0.3) is 10.8 Å². The molecule has 0 aliphatic carbocycles. The average Bonchev–Trinajstić information content (AvgIpc) is 2.38. The Morgan fingerprint density at radius 2 is 1.72 bits per heavy atom. The molecule has 0 heterocycles. The number of aryl methyl sites for hydroxylation is 1. The summed E-state index contributed by atoms with van der Waals surface area (Å²) in [6.45, 7) is 1.54. The van der Waals surface area contributed by atoms with Crippen LogP contribution in [0.5, 0.6) is 0 Å². The predicted molar refractivity (Wildman–Crippen MR) is 72.1 cm³/mol. The van der Waals surface area contributed by atoms with E-state index in [1.807, 2.05) is 18.2 Å². The van der Waals surface area contributed by atoms with E-state index in [4.69, 9.17) is 0 Å². The highest BCUT2D eigenvalue weighted by Gasteiger charge is 2.24. The number of alkyl halides is 2. The fourth-order valence-electron chi connectivity index (χ4n) is 2.12. The van der Waals surface area contributed by atoms with Crippen LogP contribution in [-0.2, 0) is 6.42 Å². The minimum Gasteiger partial charge on any atom is -0.207 e. The first-order valence-electron chi connectivity index (χ1n) is 6.46. The van der Waals surface area contributed by atoms with E-state index in [1.54, 1.807) is 0 Å². The molecule has 2 heteroatoms. The fourth-order valence-corrected chi connectivity index (χ4v) is 2.12. The molecule has 0 spiro atoms. The lowest BCUT2D eigenvalue weighted by molar-refractivity contribution is -0.0130. The van der Waals surface area contributed by atoms with Gasteiger partial charge in [-0.1, -0.05) is 49.4 Å². The van der Waals surface area contributed by atoms with Crippen LogP contribution in [0.2, 0.25) is 0 Å². The number of hydrogen-bond donors (Lipinski definition) is 0. The molecule has 0 nitrogen and oxygen atoms in total. The van der Waals surface area contributed by atoms with Gasteiger partial charge < -0.3 is 0 Å². The monoisotopic (exact) mass is 248 g/mol. The molecule has 0 saturated heterocycles. The van der Waals surface area contributed by atoms with Crippen LogP contribution in [0.15, 0.2) is 42.5 Å². The van der Waals surface area contributed by atoms with Crippen molar-refractivity contribution in [1.29, 1.82) is 0 Å². The zero-order chi connectivity index (χ0) is 13.0. The van der Waals surface area contributed by atoms with Crippen molar-refractivity contribution in [2.24, 2.45) is 0 Å². The Morgan fingerprint density at radius 1 is 1.00 bits per heavy atom. The van der Waals surface area contributed by atoms with E-state index in [2.05, 4.69) is 24.3 Å². The van der Waals surface area contributed by atoms with E-state index in [0.717, 1.165) is 12.0 Å². The second kappa shape index (κ2) is 5.47. The zero-order valence-corrected chi connectivity index (χ0v) is 10.6. The first-order chi connectivity index (χ1) is 8.61. The molecular formula is C16H18F2. The van der Waals surface area contributed by atoms with Gasteiger partial charge in [0, 0.05) is 12.8 Å². The topological polar surface area (TPSA) is 0 Å². The van der Waals surface area contributed by atoms with Gasteiger partial charge in [0.05, 0.1) is 0 Å². The smallest absolute Gasteiger partial charge is 0.207 e. The van der Waals surface area contributed by atoms with Gasteiger partial charge >= 0.3 is 0 Å². The van der Waals surface area contributed by atoms with Gasteiger partial charge in [0.25, 0.3) is 0 Å². The summed E-state index contributed by atoms with van der Waals surface area (Å²) in [4.78, 5) is 0. The Balaban J connectivity index is 2.00. The third-order valence-corrected chi connectivity index (χ3v) is 3.34. The quantitative estimate of drug-likeness (QED) is 0.681. The molecule has 0 aliphatic rings. The normalized spacial score (nSPS) is 11.9. The summed E-state index contributed by atoms with van der Waals surface area (Å²) in [5, 5.41) is 2.37. The summed E-state index contributed by atoms with van der Waals surface area (Å²) in [7, 11) is 0. The zero-order valence-electron chi connectivity index (χ0n) is 10.6. The molecule has 0 amide bonds. The maximum Gasteiger partial charge on any atom is 0.247 e. The lowest BCUT2D eigenvalue weighted by Gasteiger charge is -2.13. The highest BCUT2D eigenvalue weighted by molar-refractivity contribution is 5.82. The molecule has 0 bridgehead atoms. The molecule has 0 atom stereocenters. The van der Waals surface area contributed by atoms with Crippen LogP contribution in [0.3, 0.4) is 0 Å². The highest BCUT2D eigenvalue weighted by atomic mass is 19.3. The first kappa shape index (κ1) is 13.0. The molecule has 0 unspecified atom stereocenters. The van der Waals surface area contributed by atoms with E-state index < -0.39 is 5.92 Å². The molecule has 2 aromatic carbocycles. The highest BCUT2D eigenvalue weighted by Crippen LogP contribution is 2.25. The van der Waals surface area contributed by atoms with Crippen molar-refractivity contribution in [1.82, 2.24) is 0 Å². The van der Waals surface area contributed by atoms with Crippen molar-refractivity contribution in [2.45, 2.75) is 38.5 Å². The third-order valence-electron chi connectivity index (χ3n) is 3.34. The van der Waals surface area contributed by atoms with E-state index in [-0.39, 0.29) is 12.8 Å². The SMILES string of the molecule is CCC(F)(F)CCCc1ccc2ccccc2c1. The summed E-state index contributed by atoms with van der Waals surface area (Å²) < 4.78 is 26.2. The number of fused-ring (bicyclic) bond motifs is 1. The van der Waals surface area contributed by atoms with E-state index >= 15 is 0 Å². The van der Waals surface area contributed by atoms with Crippen molar-refractivity contribution in [3.63, 3.8) is 0 Å². The molecule has 96 valence electrons. The lowest BCUT2D eigenvalue weighted by Crippen LogP contribution is -2.14. The summed E-state index contributed by atoms with van der Waals surface area (Å²) in [6.07, 6.45) is 1.18. The summed E-state index contributed by atoms with van der Waals surface area (Å²) in [5.41, 5.74) is 1.14. The molecule has 0 aliphatic heterocycles. The lowest BCUT2D eigenvalue weighted by atomic mass is 10.0. The minimum atomic E-state index is -2.50. The van der Waals surface area contributed by atoms with Gasteiger partial charge in [0.2, 0.25) is 5.92 Å². The second-order valence-corrected chi connectivity index (χ2v) is 4.74. The van der Waals surface area contributed by atoms with Crippen molar-refractivity contribution < 1.29 is 8.78 Å². The van der Waals surface area contributed by atoms with Gasteiger partial charge in [-0.3, -0.25) is 0 Å². The second-order valence-electron chi connectivity index (χ2n) is 4.74. The number of hydrogen-bond acceptors (Lipinski definition) is 0. The van der Waals surface area contributed by atoms with Crippen molar-refractivity contribution in [2.75, 3.05) is 0 Å². The third kappa shape index (κ3) is 3.28. The molecule has 18 heavy (non-hydrogen) atoms. The number of halogens is 2. The molecule has 0 radical (unpaired) electrons. The van der Waals surface area contributed by atoms with Gasteiger partial charge in [-0.15, -0.1) is 0 Å². The molecule has 0 N–H and O–H groups in total. The van der Waals surface area contributed by atoms with Crippen LogP contribution in [0.1, 0.15) is 31.7 Å². The predicted octanol–water partition coefficient (Wildman–Crippen LogP) is 5.21. The van der Waals surface area contributed by atoms with Gasteiger partial charge in [-0.25, -0.2) is 8.78 Å². The van der Waals surface area contributed by atoms with Crippen molar-refractivity contribution in [3.8, 4) is 0 Å². The summed E-state index contributed by atoms with van der Waals surface area (Å²) in [6, 6.07) is 14.3. The van der Waals surface area contributed by atoms with Gasteiger partial charge in [0.15, 0.2) is 0 Å². The first-order valence-corrected chi connectivity index (χ1v) is 6.46. The van der Waals surface area contributed by atoms with E-state index in [9.17, 15) is 8.78 Å². The Kier molecular flexibility index (Phi) is 3.95. The largest absolute Gasteiger partial charge is 0.247 e. The molecule has 2 aromatic rings. The Hall–Kier alpha value is -1.44. The van der Waals surface area contributed by atoms with Gasteiger partial charge in [-0.05, 0) is 29.2 Å². The van der Waals surface area contributed by atoms with E-state index in [0.29, 0.717) is 6.42 Å². The van der Waals surface area contributed by atoms with E-state index in [1.165, 1.54) is 17.7 Å². The molecule has 0 fully saturated rings. The average molecular weight is 248 g/mol. The maximum absolute atomic E-state index is 13.1. The van der Waals surface area contributed by atoms with Crippen LogP contribution >= 0.6 is 0 Å². The molecule has 0 saturated carbocycles. The van der Waals surface area contributed by atoms with Crippen LogP contribution in [-0.4, -0.2) is 5.92 Å². The van der Waals surface area contributed by atoms with Crippen LogP contribution < -0.4 is 0 Å². The maximum atomic E-state index is 13.1. The Labute approximate surface area is 107 Å². The Morgan fingerprint density at radius 3 is 2.44 bits per heavy atom. The van der Waals surface area contributed by atoms with Crippen molar-refractivity contribution in [3.05, 3.63) is 48.0 Å². The molecular weight excluding hydrogens is 230 g/mol. The summed E-state index contributed by atoms with van der Waals surface area (Å²) in [5.74, 6) is -2.50. The standard InChI is InChI=1S/C16H18F2/c1-2-16(17,18)11-5-6-13-9-10-14-7-3-4-8-15(14)12-13/h3-4,7-10,12H,2,5-6,11H2,1H3. The summed E-state index contributed by atoms with van der Waals surface area (Å²) >= 11 is 0. The molecule has 2 rings (SSSR count). The van der Waals surface area contributed by atoms with Gasteiger partial charge in [-0.2, -0.15) is 0 Å². The van der Waals surface area contributed by atoms with Gasteiger partial charge in [0.1, 0.15) is 0 Å². The fraction of sp³-hybridized carbons (Fsp3) is 0.375. The Bertz CT molecular complexity index is 517. The van der Waals surface area contributed by atoms with Crippen LogP contribution in [0.4, 0.5) is 8.78 Å². The molecule has 0 aromatic heterocycles. The number of benzene rings is 2. The number of rotatable bonds is 5. The minimum absolute atomic E-state index is 0.0175.